The Kier molecular flexibility index (Phi) is 8.14. The fourth-order valence-electron chi connectivity index (χ4n) is 5.40. The van der Waals surface area contributed by atoms with Crippen LogP contribution in [0, 0.1) is 0 Å². The van der Waals surface area contributed by atoms with Gasteiger partial charge in [0.15, 0.2) is 0 Å². The van der Waals surface area contributed by atoms with E-state index in [1.807, 2.05) is 6.07 Å². The van der Waals surface area contributed by atoms with Crippen molar-refractivity contribution in [2.45, 2.75) is 32.6 Å². The van der Waals surface area contributed by atoms with E-state index in [2.05, 4.69) is 45.4 Å². The summed E-state index contributed by atoms with van der Waals surface area (Å²) in [4.78, 5) is 29.2. The fourth-order valence-corrected chi connectivity index (χ4v) is 5.40. The van der Waals surface area contributed by atoms with Crippen LogP contribution in [0.5, 0.6) is 11.5 Å². The molecule has 6 rings (SSSR count). The van der Waals surface area contributed by atoms with Crippen LogP contribution < -0.4 is 24.6 Å². The lowest BCUT2D eigenvalue weighted by atomic mass is 10.0. The lowest BCUT2D eigenvalue weighted by molar-refractivity contribution is -0.143. The zero-order chi connectivity index (χ0) is 25.6. The van der Waals surface area contributed by atoms with Crippen LogP contribution in [0.4, 0.5) is 11.4 Å². The Labute approximate surface area is 219 Å². The number of piperazine rings is 2. The number of nitrogens with one attached hydrogen (secondary N) is 1. The summed E-state index contributed by atoms with van der Waals surface area (Å²) in [6, 6.07) is 12.9. The van der Waals surface area contributed by atoms with E-state index in [1.165, 1.54) is 29.4 Å². The lowest BCUT2D eigenvalue weighted by Crippen LogP contribution is -2.50. The maximum Gasteiger partial charge on any atom is 0.289 e. The van der Waals surface area contributed by atoms with E-state index in [4.69, 9.17) is 9.47 Å². The molecule has 1 amide bonds. The van der Waals surface area contributed by atoms with Crippen LogP contribution >= 0.6 is 0 Å². The van der Waals surface area contributed by atoms with Crippen molar-refractivity contribution in [2.75, 3.05) is 75.4 Å². The monoisotopic (exact) mass is 506 g/mol. The van der Waals surface area contributed by atoms with Crippen molar-refractivity contribution < 1.29 is 19.1 Å². The molecular weight excluding hydrogens is 468 g/mol. The number of carbonyl (C=O) groups excluding carboxylic acids is 2. The van der Waals surface area contributed by atoms with Crippen LogP contribution in [-0.4, -0.2) is 82.2 Å². The molecule has 0 radical (unpaired) electrons. The van der Waals surface area contributed by atoms with E-state index in [-0.39, 0.29) is 11.7 Å². The van der Waals surface area contributed by atoms with Gasteiger partial charge in [-0.25, -0.2) is 0 Å². The van der Waals surface area contributed by atoms with Crippen LogP contribution in [0.1, 0.15) is 30.9 Å². The number of hydrogen-bond donors (Lipinski definition) is 1. The second-order valence-corrected chi connectivity index (χ2v) is 10.1. The van der Waals surface area contributed by atoms with E-state index in [0.29, 0.717) is 13.1 Å². The number of benzene rings is 2. The van der Waals surface area contributed by atoms with Crippen LogP contribution in [0.15, 0.2) is 36.4 Å². The van der Waals surface area contributed by atoms with E-state index in [1.54, 1.807) is 4.90 Å². The van der Waals surface area contributed by atoms with Crippen molar-refractivity contribution in [3.05, 3.63) is 47.5 Å². The summed E-state index contributed by atoms with van der Waals surface area (Å²) < 4.78 is 11.3. The number of hydrogen-bond acceptors (Lipinski definition) is 7. The first-order valence-electron chi connectivity index (χ1n) is 13.6. The smallest absolute Gasteiger partial charge is 0.289 e. The molecule has 4 aliphatic heterocycles. The summed E-state index contributed by atoms with van der Waals surface area (Å²) in [5.74, 6) is 1.34. The number of nitrogens with zero attached hydrogens (tertiary/aromatic N) is 3. The normalized spacial score (nSPS) is 18.9. The van der Waals surface area contributed by atoms with Crippen LogP contribution in [0.3, 0.4) is 0 Å². The van der Waals surface area contributed by atoms with Gasteiger partial charge in [-0.1, -0.05) is 0 Å². The molecule has 2 aromatic rings. The van der Waals surface area contributed by atoms with Crippen molar-refractivity contribution in [3.8, 4) is 11.5 Å². The first kappa shape index (κ1) is 25.4. The highest BCUT2D eigenvalue weighted by atomic mass is 16.5. The number of aryl methyl sites for hydroxylation is 2. The van der Waals surface area contributed by atoms with Gasteiger partial charge in [-0.2, -0.15) is 0 Å². The Morgan fingerprint density at radius 3 is 1.76 bits per heavy atom. The molecule has 0 aliphatic carbocycles. The van der Waals surface area contributed by atoms with Crippen molar-refractivity contribution in [2.24, 2.45) is 0 Å². The molecule has 0 saturated carbocycles. The molecule has 0 spiro atoms. The quantitative estimate of drug-likeness (QED) is 0.642. The highest BCUT2D eigenvalue weighted by Gasteiger charge is 2.24. The maximum atomic E-state index is 11.7. The van der Waals surface area contributed by atoms with Gasteiger partial charge in [0.05, 0.1) is 13.2 Å². The Morgan fingerprint density at radius 1 is 0.730 bits per heavy atom. The third-order valence-electron chi connectivity index (χ3n) is 7.50. The summed E-state index contributed by atoms with van der Waals surface area (Å²) in [6.45, 7) is 10.1. The molecule has 8 nitrogen and oxygen atoms in total. The Balaban J connectivity index is 0.000000157. The minimum absolute atomic E-state index is 0.367. The SMILES string of the molecule is CC(=O)C(=O)N1CCN(c2ccc3c(c2)CCCO3)CC1.c1cc2c(cc1N1CCNCC1)CCCO2. The molecule has 2 fully saturated rings. The first-order chi connectivity index (χ1) is 18.1. The van der Waals surface area contributed by atoms with Gasteiger partial charge in [-0.15, -0.1) is 0 Å². The average Bonchev–Trinajstić information content (AvgIpc) is 2.97. The number of fused-ring (bicyclic) bond motifs is 2. The highest BCUT2D eigenvalue weighted by Crippen LogP contribution is 2.30. The Hall–Kier alpha value is -3.26. The molecule has 37 heavy (non-hydrogen) atoms. The van der Waals surface area contributed by atoms with Crippen molar-refractivity contribution in [3.63, 3.8) is 0 Å². The number of Topliss-reactive ketones (excluding diaryl/α,β-unsaturated/α-hetero) is 1. The van der Waals surface area contributed by atoms with E-state index in [9.17, 15) is 9.59 Å². The molecular formula is C29H38N4O4. The van der Waals surface area contributed by atoms with Gasteiger partial charge in [0, 0.05) is 70.7 Å². The molecule has 1 N–H and O–H groups in total. The molecule has 0 bridgehead atoms. The van der Waals surface area contributed by atoms with Gasteiger partial charge in [-0.3, -0.25) is 9.59 Å². The van der Waals surface area contributed by atoms with E-state index in [0.717, 1.165) is 89.7 Å². The molecule has 0 unspecified atom stereocenters. The summed E-state index contributed by atoms with van der Waals surface area (Å²) >= 11 is 0. The molecule has 198 valence electrons. The molecule has 2 saturated heterocycles. The predicted octanol–water partition coefficient (Wildman–Crippen LogP) is 2.67. The molecule has 8 heteroatoms. The summed E-state index contributed by atoms with van der Waals surface area (Å²) in [5.41, 5.74) is 5.17. The Morgan fingerprint density at radius 2 is 1.24 bits per heavy atom. The molecule has 0 aromatic heterocycles. The summed E-state index contributed by atoms with van der Waals surface area (Å²) in [6.07, 6.45) is 4.44. The zero-order valence-corrected chi connectivity index (χ0v) is 21.8. The molecule has 4 aliphatic rings. The minimum Gasteiger partial charge on any atom is -0.493 e. The van der Waals surface area contributed by atoms with Gasteiger partial charge in [0.1, 0.15) is 11.5 Å². The number of amides is 1. The second kappa shape index (κ2) is 11.9. The number of carbonyl (C=O) groups is 2. The van der Waals surface area contributed by atoms with Crippen LogP contribution in [0.2, 0.25) is 0 Å². The summed E-state index contributed by atoms with van der Waals surface area (Å²) in [7, 11) is 0. The lowest BCUT2D eigenvalue weighted by Gasteiger charge is -2.36. The van der Waals surface area contributed by atoms with Crippen molar-refractivity contribution in [1.82, 2.24) is 10.2 Å². The summed E-state index contributed by atoms with van der Waals surface area (Å²) in [5, 5.41) is 3.38. The van der Waals surface area contributed by atoms with Gasteiger partial charge in [-0.05, 0) is 73.2 Å². The average molecular weight is 507 g/mol. The van der Waals surface area contributed by atoms with Crippen LogP contribution in [-0.2, 0) is 22.4 Å². The molecule has 4 heterocycles. The molecule has 2 aromatic carbocycles. The third kappa shape index (κ3) is 6.18. The predicted molar refractivity (Wildman–Crippen MR) is 145 cm³/mol. The second-order valence-electron chi connectivity index (χ2n) is 10.1. The minimum atomic E-state index is -0.380. The highest BCUT2D eigenvalue weighted by molar-refractivity contribution is 6.35. The maximum absolute atomic E-state index is 11.7. The largest absolute Gasteiger partial charge is 0.493 e. The standard InChI is InChI=1S/C16H20N2O3.C13H18N2O/c1-12(19)16(20)18-8-6-17(7-9-18)14-4-5-15-13(11-14)3-2-10-21-15;1-2-11-10-12(3-4-13(11)16-9-1)15-7-5-14-6-8-15/h4-5,11H,2-3,6-10H2,1H3;3-4,10,14H,1-2,5-9H2. The number of ketones is 1. The first-order valence-corrected chi connectivity index (χ1v) is 13.6. The third-order valence-corrected chi connectivity index (χ3v) is 7.50. The topological polar surface area (TPSA) is 74.4 Å². The van der Waals surface area contributed by atoms with Gasteiger partial charge in [0.2, 0.25) is 5.78 Å². The van der Waals surface area contributed by atoms with E-state index < -0.39 is 0 Å². The van der Waals surface area contributed by atoms with Crippen molar-refractivity contribution >= 4 is 23.1 Å². The zero-order valence-electron chi connectivity index (χ0n) is 21.8. The van der Waals surface area contributed by atoms with Gasteiger partial charge < -0.3 is 29.5 Å². The molecule has 0 atom stereocenters. The number of anilines is 2. The van der Waals surface area contributed by atoms with Gasteiger partial charge in [0.25, 0.3) is 5.91 Å². The number of rotatable bonds is 3. The van der Waals surface area contributed by atoms with Crippen LogP contribution in [0.25, 0.3) is 0 Å². The van der Waals surface area contributed by atoms with E-state index >= 15 is 0 Å². The Bertz CT molecular complexity index is 1110. The van der Waals surface area contributed by atoms with Gasteiger partial charge >= 0.3 is 0 Å². The van der Waals surface area contributed by atoms with Crippen molar-refractivity contribution in [1.29, 1.82) is 0 Å². The number of ether oxygens (including phenoxy) is 2. The fraction of sp³-hybridized carbons (Fsp3) is 0.517.